The third kappa shape index (κ3) is 18.0. The van der Waals surface area contributed by atoms with Gasteiger partial charge in [-0.25, -0.2) is 8.78 Å². The van der Waals surface area contributed by atoms with Gasteiger partial charge in [0.2, 0.25) is 11.8 Å². The van der Waals surface area contributed by atoms with Crippen LogP contribution in [0.2, 0.25) is 0 Å². The number of carbonyl (C=O) groups is 2. The van der Waals surface area contributed by atoms with Crippen LogP contribution in [0, 0.1) is 45.6 Å². The summed E-state index contributed by atoms with van der Waals surface area (Å²) in [5, 5.41) is 43.1. The molecule has 16 rings (SSSR count). The number of morpholine rings is 1. The number of ether oxygens (including phenoxy) is 4. The van der Waals surface area contributed by atoms with E-state index in [1.807, 2.05) is 44.8 Å². The molecule has 6 fully saturated rings. The maximum atomic E-state index is 18.0. The number of alkyl halides is 6. The Bertz CT molecular complexity index is 5410. The fraction of sp³-hybridized carbons (Fsp3) is 0.500. The summed E-state index contributed by atoms with van der Waals surface area (Å²) in [7, 11) is 5.53. The summed E-state index contributed by atoms with van der Waals surface area (Å²) >= 11 is 0. The average Bonchev–Trinajstić information content (AvgIpc) is 0.999. The molecule has 7 aromatic rings. The van der Waals surface area contributed by atoms with Crippen molar-refractivity contribution in [3.8, 4) is 36.2 Å². The molecule has 9 aliphatic heterocycles. The largest absolute Gasteiger partial charge is 0.462 e. The van der Waals surface area contributed by atoms with E-state index in [4.69, 9.17) is 48.9 Å². The van der Waals surface area contributed by atoms with Gasteiger partial charge in [0.15, 0.2) is 5.82 Å². The standard InChI is InChI=1S/C90H101F8N21O7/c1-7-77(120)117-37-34-114(44-58(117)21-27-99)83-66-24-31-111(74-18-12-15-55-14-10-11-17-64(55)74)47-71(66)102-88(107-83)126-53-63-50-123-54-76(110(63)6)56-41-70(91)80(90(96,97)98)75(42-56)112-32-25-67-72(48-112)103-87(106-84(67)115-35-38-118(78(121)8-2)59(45-115)22-28-100)125-52-62-40-57(43-109(62)5)65-19-20-69(89(93,94)95)82(81(65)92)113-33-26-68-73(49-113)104-86(124-51-61-16-13-30-108(61)4)105-85(68)116-36-39-119(79(122)9-3)60(46-116)23-29-101/h7-12,14-15,17-20,41-42,57-63,76,78,121H,1-3,13,16,21-26,30-40,43-54H2,4-6H3/t57?,58?,59-,60?,61-,62+,63+,76?,78?/m0/s1. The molecule has 36 heteroatoms. The predicted octanol–water partition coefficient (Wildman–Crippen LogP) is 10.1. The monoisotopic (exact) mass is 1740 g/mol. The Balaban J connectivity index is 0.661. The van der Waals surface area contributed by atoms with Crippen LogP contribution >= 0.6 is 0 Å². The number of benzene rings is 4. The zero-order valence-electron chi connectivity index (χ0n) is 70.6. The molecule has 9 aliphatic rings. The number of carbonyl (C=O) groups excluding carboxylic acids is 2. The molecule has 9 atom stereocenters. The van der Waals surface area contributed by atoms with Crippen LogP contribution in [0.25, 0.3) is 10.8 Å². The number of halogens is 8. The van der Waals surface area contributed by atoms with Crippen molar-refractivity contribution < 1.29 is 68.8 Å². The number of nitrogens with zero attached hydrogens (tertiary/aromatic N) is 21. The van der Waals surface area contributed by atoms with Crippen LogP contribution in [0.15, 0.2) is 105 Å². The Morgan fingerprint density at radius 2 is 1.09 bits per heavy atom. The number of hydrogen-bond donors (Lipinski definition) is 1. The van der Waals surface area contributed by atoms with Crippen LogP contribution in [0.1, 0.15) is 107 Å². The number of aliphatic hydroxyl groups excluding tert-OH is 1. The van der Waals surface area contributed by atoms with Crippen molar-refractivity contribution in [2.75, 3.05) is 175 Å². The Kier molecular flexibility index (Phi) is 25.9. The number of hydrogen-bond acceptors (Lipinski definition) is 26. The molecule has 0 radical (unpaired) electrons. The molecule has 0 saturated carbocycles. The summed E-state index contributed by atoms with van der Waals surface area (Å²) in [5.41, 5.74) is 0.857. The summed E-state index contributed by atoms with van der Waals surface area (Å²) in [6.45, 7) is 15.0. The van der Waals surface area contributed by atoms with Crippen LogP contribution in [-0.2, 0) is 65.6 Å². The molecule has 0 aliphatic carbocycles. The third-order valence-corrected chi connectivity index (χ3v) is 26.6. The maximum absolute atomic E-state index is 18.0. The summed E-state index contributed by atoms with van der Waals surface area (Å²) in [5.74, 6) is -2.43. The molecule has 5 unspecified atom stereocenters. The van der Waals surface area contributed by atoms with Gasteiger partial charge in [0, 0.05) is 137 Å². The molecule has 3 aromatic heterocycles. The van der Waals surface area contributed by atoms with Crippen LogP contribution in [0.4, 0.5) is 69.6 Å². The Morgan fingerprint density at radius 3 is 1.63 bits per heavy atom. The molecule has 4 aromatic carbocycles. The number of aromatic nitrogens is 6. The lowest BCUT2D eigenvalue weighted by Gasteiger charge is -2.43. The van der Waals surface area contributed by atoms with Gasteiger partial charge in [-0.2, -0.15) is 72.0 Å². The first kappa shape index (κ1) is 87.9. The molecule has 126 heavy (non-hydrogen) atoms. The summed E-state index contributed by atoms with van der Waals surface area (Å²) in [6.07, 6.45) is -4.69. The second kappa shape index (κ2) is 37.1. The zero-order chi connectivity index (χ0) is 88.6. The van der Waals surface area contributed by atoms with Crippen molar-refractivity contribution in [3.05, 3.63) is 172 Å². The van der Waals surface area contributed by atoms with Crippen LogP contribution < -0.4 is 43.6 Å². The number of likely N-dealkylation sites (N-methyl/N-ethyl adjacent to an activating group) is 3. The maximum Gasteiger partial charge on any atom is 0.421 e. The molecular weight excluding hydrogens is 1640 g/mol. The molecule has 0 spiro atoms. The average molecular weight is 1740 g/mol. The number of likely N-dealkylation sites (tertiary alicyclic amines) is 2. The molecule has 664 valence electrons. The number of amides is 2. The summed E-state index contributed by atoms with van der Waals surface area (Å²) < 4.78 is 154. The Labute approximate surface area is 725 Å². The van der Waals surface area contributed by atoms with E-state index in [0.29, 0.717) is 80.0 Å². The normalized spacial score (nSPS) is 23.1. The number of anilines is 6. The van der Waals surface area contributed by atoms with Crippen LogP contribution in [0.3, 0.4) is 0 Å². The highest BCUT2D eigenvalue weighted by Gasteiger charge is 2.46. The van der Waals surface area contributed by atoms with Crippen LogP contribution in [0.5, 0.6) is 18.0 Å². The van der Waals surface area contributed by atoms with Gasteiger partial charge < -0.3 is 68.2 Å². The third-order valence-electron chi connectivity index (χ3n) is 26.6. The quantitative estimate of drug-likeness (QED) is 0.0334. The first-order chi connectivity index (χ1) is 60.7. The lowest BCUT2D eigenvalue weighted by atomic mass is 9.92. The van der Waals surface area contributed by atoms with Gasteiger partial charge in [0.1, 0.15) is 54.9 Å². The fourth-order valence-electron chi connectivity index (χ4n) is 19.8. The Hall–Kier alpha value is -11.6. The summed E-state index contributed by atoms with van der Waals surface area (Å²) in [6, 6.07) is 21.7. The van der Waals surface area contributed by atoms with E-state index in [2.05, 4.69) is 76.9 Å². The van der Waals surface area contributed by atoms with Crippen molar-refractivity contribution in [1.82, 2.24) is 59.3 Å². The zero-order valence-corrected chi connectivity index (χ0v) is 70.6. The Morgan fingerprint density at radius 1 is 0.563 bits per heavy atom. The molecule has 28 nitrogen and oxygen atoms in total. The van der Waals surface area contributed by atoms with Crippen LogP contribution in [-0.4, -0.2) is 265 Å². The SMILES string of the molecule is C=CC(=O)N1CCN(c2nc(OC[C@@H]3CCCN3C)nc3c2CCN(c2c(C(F)(F)F)ccc(C4C[C@H](COc5nc6c(c(N7CCN(C(O)C=C)[C@@H](CC#N)C7)n5)CCN(c5cc(C7COC[C@H](COc8nc9c(c(N%10CCN(C(=O)C=C)C(CC#N)C%10)n8)CCN(c8cccc%10ccccc8%10)C9)N7C)cc(F)c5C(F)(F)F)C6)N(C)C4)c2F)C3)CC1CC#N. The number of aliphatic hydroxyl groups is 1. The highest BCUT2D eigenvalue weighted by atomic mass is 19.4. The lowest BCUT2D eigenvalue weighted by Crippen LogP contribution is -2.56. The highest BCUT2D eigenvalue weighted by Crippen LogP contribution is 2.48. The smallest absolute Gasteiger partial charge is 0.421 e. The molecule has 1 N–H and O–H groups in total. The van der Waals surface area contributed by atoms with Gasteiger partial charge in [-0.1, -0.05) is 62.2 Å². The van der Waals surface area contributed by atoms with Gasteiger partial charge in [-0.05, 0) is 125 Å². The number of nitriles is 3. The van der Waals surface area contributed by atoms with Crippen molar-refractivity contribution in [3.63, 3.8) is 0 Å². The van der Waals surface area contributed by atoms with E-state index in [1.54, 1.807) is 28.8 Å². The number of rotatable bonds is 24. The van der Waals surface area contributed by atoms with Crippen molar-refractivity contribution in [2.45, 2.75) is 144 Å². The molecule has 0 bridgehead atoms. The minimum Gasteiger partial charge on any atom is -0.462 e. The van der Waals surface area contributed by atoms with Crippen molar-refractivity contribution >= 4 is 57.1 Å². The second-order valence-corrected chi connectivity index (χ2v) is 33.9. The van der Waals surface area contributed by atoms with E-state index >= 15 is 35.1 Å². The minimum atomic E-state index is -5.20. The van der Waals surface area contributed by atoms with Crippen molar-refractivity contribution in [1.29, 1.82) is 15.8 Å². The van der Waals surface area contributed by atoms with Gasteiger partial charge in [0.25, 0.3) is 0 Å². The predicted molar refractivity (Wildman–Crippen MR) is 454 cm³/mol. The number of piperazine rings is 3. The lowest BCUT2D eigenvalue weighted by molar-refractivity contribution is -0.139. The first-order valence-corrected chi connectivity index (χ1v) is 42.8. The molecule has 2 amide bonds. The first-order valence-electron chi connectivity index (χ1n) is 42.8. The van der Waals surface area contributed by atoms with Gasteiger partial charge in [-0.15, -0.1) is 0 Å². The second-order valence-electron chi connectivity index (χ2n) is 33.9. The topological polar surface area (TPSA) is 279 Å². The minimum absolute atomic E-state index is 0.00823. The van der Waals surface area contributed by atoms with Gasteiger partial charge >= 0.3 is 30.4 Å². The molecule has 6 saturated heterocycles. The van der Waals surface area contributed by atoms with Gasteiger partial charge in [0.05, 0.1) is 129 Å². The summed E-state index contributed by atoms with van der Waals surface area (Å²) in [4.78, 5) is 77.7. The van der Waals surface area contributed by atoms with E-state index in [0.717, 1.165) is 59.2 Å². The number of fused-ring (bicyclic) bond motifs is 4. The molecule has 12 heterocycles. The van der Waals surface area contributed by atoms with Gasteiger partial charge in [-0.3, -0.25) is 24.3 Å². The van der Waals surface area contributed by atoms with Crippen molar-refractivity contribution in [2.24, 2.45) is 0 Å². The highest BCUT2D eigenvalue weighted by molar-refractivity contribution is 5.94. The molecular formula is C90H101F8N21O7. The van der Waals surface area contributed by atoms with E-state index in [1.165, 1.54) is 40.2 Å². The van der Waals surface area contributed by atoms with E-state index < -0.39 is 94.9 Å². The van der Waals surface area contributed by atoms with E-state index in [9.17, 15) is 30.5 Å². The fourth-order valence-corrected chi connectivity index (χ4v) is 19.8. The van der Waals surface area contributed by atoms with E-state index in [-0.39, 0.29) is 190 Å².